The van der Waals surface area contributed by atoms with Gasteiger partial charge in [-0.1, -0.05) is 6.07 Å². The molecular weight excluding hydrogens is 251 g/mol. The van der Waals surface area contributed by atoms with E-state index in [9.17, 15) is 14.0 Å². The molecule has 0 unspecified atom stereocenters. The van der Waals surface area contributed by atoms with Crippen molar-refractivity contribution in [1.82, 2.24) is 9.78 Å². The molecule has 0 aliphatic rings. The number of nitrogens with zero attached hydrogens (tertiary/aromatic N) is 2. The van der Waals surface area contributed by atoms with Crippen LogP contribution in [0.25, 0.3) is 0 Å². The maximum absolute atomic E-state index is 13.7. The Morgan fingerprint density at radius 3 is 2.68 bits per heavy atom. The first-order valence-electron chi connectivity index (χ1n) is 5.39. The van der Waals surface area contributed by atoms with Crippen molar-refractivity contribution in [2.75, 3.05) is 5.73 Å². The van der Waals surface area contributed by atoms with Gasteiger partial charge >= 0.3 is 0 Å². The lowest BCUT2D eigenvalue weighted by Gasteiger charge is -2.07. The highest BCUT2D eigenvalue weighted by molar-refractivity contribution is 5.92. The van der Waals surface area contributed by atoms with Crippen molar-refractivity contribution in [3.05, 3.63) is 57.6 Å². The highest BCUT2D eigenvalue weighted by Gasteiger charge is 2.09. The van der Waals surface area contributed by atoms with Crippen LogP contribution in [0.5, 0.6) is 0 Å². The summed E-state index contributed by atoms with van der Waals surface area (Å²) in [6.45, 7) is -0.0747. The molecule has 0 fully saturated rings. The average molecular weight is 262 g/mol. The van der Waals surface area contributed by atoms with Gasteiger partial charge in [0.25, 0.3) is 5.56 Å². The summed E-state index contributed by atoms with van der Waals surface area (Å²) in [5.74, 6) is -1.19. The van der Waals surface area contributed by atoms with Gasteiger partial charge in [0, 0.05) is 17.2 Å². The second-order valence-electron chi connectivity index (χ2n) is 3.92. The summed E-state index contributed by atoms with van der Waals surface area (Å²) in [7, 11) is 0. The lowest BCUT2D eigenvalue weighted by atomic mass is 10.1. The first kappa shape index (κ1) is 12.7. The van der Waals surface area contributed by atoms with E-state index in [0.717, 1.165) is 10.7 Å². The van der Waals surface area contributed by atoms with Gasteiger partial charge in [-0.3, -0.25) is 9.59 Å². The van der Waals surface area contributed by atoms with Gasteiger partial charge < -0.3 is 11.5 Å². The van der Waals surface area contributed by atoms with Crippen LogP contribution in [-0.4, -0.2) is 15.7 Å². The first-order chi connectivity index (χ1) is 8.97. The van der Waals surface area contributed by atoms with Crippen molar-refractivity contribution < 1.29 is 9.18 Å². The third-order valence-corrected chi connectivity index (χ3v) is 2.54. The van der Waals surface area contributed by atoms with Crippen LogP contribution in [-0.2, 0) is 6.54 Å². The molecule has 98 valence electrons. The Kier molecular flexibility index (Phi) is 3.28. The van der Waals surface area contributed by atoms with Crippen molar-refractivity contribution in [2.45, 2.75) is 6.54 Å². The molecule has 0 aliphatic carbocycles. The number of aromatic nitrogens is 2. The third-order valence-electron chi connectivity index (χ3n) is 2.54. The van der Waals surface area contributed by atoms with Crippen molar-refractivity contribution in [2.24, 2.45) is 5.73 Å². The molecule has 0 radical (unpaired) electrons. The predicted octanol–water partition coefficient (Wildman–Crippen LogP) is 0.112. The summed E-state index contributed by atoms with van der Waals surface area (Å²) < 4.78 is 14.8. The molecule has 2 rings (SSSR count). The van der Waals surface area contributed by atoms with E-state index in [2.05, 4.69) is 5.10 Å². The van der Waals surface area contributed by atoms with Gasteiger partial charge in [0.1, 0.15) is 11.6 Å². The lowest BCUT2D eigenvalue weighted by Crippen LogP contribution is -2.23. The molecule has 0 saturated carbocycles. The number of rotatable bonds is 3. The summed E-state index contributed by atoms with van der Waals surface area (Å²) in [4.78, 5) is 22.4. The monoisotopic (exact) mass is 262 g/mol. The Labute approximate surface area is 107 Å². The van der Waals surface area contributed by atoms with Gasteiger partial charge in [0.05, 0.1) is 6.54 Å². The van der Waals surface area contributed by atoms with E-state index in [1.165, 1.54) is 24.3 Å². The van der Waals surface area contributed by atoms with Gasteiger partial charge in [0.15, 0.2) is 0 Å². The molecule has 0 spiro atoms. The number of benzene rings is 1. The maximum Gasteiger partial charge on any atom is 0.267 e. The van der Waals surface area contributed by atoms with E-state index >= 15 is 0 Å². The standard InChI is InChI=1S/C12H11FN4O2/c13-9-5-7(12(15)19)1-2-8(9)6-17-11(18)4-3-10(14)16-17/h1-5H,6H2,(H2,14,16)(H2,15,19). The predicted molar refractivity (Wildman–Crippen MR) is 66.9 cm³/mol. The summed E-state index contributed by atoms with van der Waals surface area (Å²) in [5.41, 5.74) is 10.4. The molecule has 0 atom stereocenters. The fourth-order valence-corrected chi connectivity index (χ4v) is 1.57. The minimum atomic E-state index is -0.718. The van der Waals surface area contributed by atoms with Gasteiger partial charge in [-0.2, -0.15) is 5.10 Å². The molecular formula is C12H11FN4O2. The van der Waals surface area contributed by atoms with E-state index < -0.39 is 17.3 Å². The molecule has 1 aromatic heterocycles. The number of nitrogen functional groups attached to an aromatic ring is 1. The summed E-state index contributed by atoms with van der Waals surface area (Å²) in [6, 6.07) is 6.41. The summed E-state index contributed by atoms with van der Waals surface area (Å²) in [6.07, 6.45) is 0. The number of hydrogen-bond acceptors (Lipinski definition) is 4. The van der Waals surface area contributed by atoms with Crippen molar-refractivity contribution >= 4 is 11.7 Å². The van der Waals surface area contributed by atoms with Gasteiger partial charge in [-0.25, -0.2) is 9.07 Å². The van der Waals surface area contributed by atoms with E-state index in [1.807, 2.05) is 0 Å². The van der Waals surface area contributed by atoms with Crippen LogP contribution in [0.1, 0.15) is 15.9 Å². The Bertz CT molecular complexity index is 696. The van der Waals surface area contributed by atoms with Crippen LogP contribution < -0.4 is 17.0 Å². The number of nitrogens with two attached hydrogens (primary N) is 2. The number of halogens is 1. The van der Waals surface area contributed by atoms with Crippen LogP contribution in [0.3, 0.4) is 0 Å². The first-order valence-corrected chi connectivity index (χ1v) is 5.39. The highest BCUT2D eigenvalue weighted by Crippen LogP contribution is 2.11. The molecule has 2 aromatic rings. The maximum atomic E-state index is 13.7. The Morgan fingerprint density at radius 1 is 1.32 bits per heavy atom. The molecule has 1 aromatic carbocycles. The van der Waals surface area contributed by atoms with Crippen molar-refractivity contribution in [3.8, 4) is 0 Å². The number of amides is 1. The average Bonchev–Trinajstić information content (AvgIpc) is 2.36. The van der Waals surface area contributed by atoms with E-state index in [-0.39, 0.29) is 23.5 Å². The molecule has 1 heterocycles. The van der Waals surface area contributed by atoms with E-state index in [1.54, 1.807) is 0 Å². The second kappa shape index (κ2) is 4.89. The van der Waals surface area contributed by atoms with Gasteiger partial charge in [0.2, 0.25) is 5.91 Å². The molecule has 6 nitrogen and oxygen atoms in total. The number of anilines is 1. The van der Waals surface area contributed by atoms with Crippen LogP contribution >= 0.6 is 0 Å². The second-order valence-corrected chi connectivity index (χ2v) is 3.92. The zero-order chi connectivity index (χ0) is 14.0. The number of carbonyl (C=O) groups excluding carboxylic acids is 1. The molecule has 19 heavy (non-hydrogen) atoms. The number of primary amides is 1. The van der Waals surface area contributed by atoms with E-state index in [0.29, 0.717) is 0 Å². The normalized spacial score (nSPS) is 10.4. The molecule has 0 aliphatic heterocycles. The Balaban J connectivity index is 2.36. The third kappa shape index (κ3) is 2.76. The SMILES string of the molecule is NC(=O)c1ccc(Cn2nc(N)ccc2=O)c(F)c1. The smallest absolute Gasteiger partial charge is 0.267 e. The zero-order valence-corrected chi connectivity index (χ0v) is 9.84. The van der Waals surface area contributed by atoms with Crippen LogP contribution in [0, 0.1) is 5.82 Å². The lowest BCUT2D eigenvalue weighted by molar-refractivity contribution is 0.1000. The number of hydrogen-bond donors (Lipinski definition) is 2. The van der Waals surface area contributed by atoms with E-state index in [4.69, 9.17) is 11.5 Å². The topological polar surface area (TPSA) is 104 Å². The zero-order valence-electron chi connectivity index (χ0n) is 9.84. The summed E-state index contributed by atoms with van der Waals surface area (Å²) in [5, 5.41) is 3.79. The largest absolute Gasteiger partial charge is 0.382 e. The molecule has 1 amide bonds. The van der Waals surface area contributed by atoms with Crippen molar-refractivity contribution in [3.63, 3.8) is 0 Å². The Morgan fingerprint density at radius 2 is 2.05 bits per heavy atom. The van der Waals surface area contributed by atoms with Gasteiger partial charge in [-0.05, 0) is 18.2 Å². The van der Waals surface area contributed by atoms with Crippen molar-refractivity contribution in [1.29, 1.82) is 0 Å². The highest BCUT2D eigenvalue weighted by atomic mass is 19.1. The van der Waals surface area contributed by atoms with Crippen LogP contribution in [0.4, 0.5) is 10.2 Å². The fraction of sp³-hybridized carbons (Fsp3) is 0.0833. The minimum Gasteiger partial charge on any atom is -0.382 e. The molecule has 0 bridgehead atoms. The van der Waals surface area contributed by atoms with Gasteiger partial charge in [-0.15, -0.1) is 0 Å². The number of carbonyl (C=O) groups is 1. The Hall–Kier alpha value is -2.70. The quantitative estimate of drug-likeness (QED) is 0.819. The van der Waals surface area contributed by atoms with Crippen LogP contribution in [0.15, 0.2) is 35.1 Å². The minimum absolute atomic E-state index is 0.0640. The molecule has 4 N–H and O–H groups in total. The molecule has 0 saturated heterocycles. The molecule has 7 heteroatoms. The fourth-order valence-electron chi connectivity index (χ4n) is 1.57. The van der Waals surface area contributed by atoms with Crippen LogP contribution in [0.2, 0.25) is 0 Å². The summed E-state index contributed by atoms with van der Waals surface area (Å²) >= 11 is 0.